The molecule has 0 unspecified atom stereocenters. The van der Waals surface area contributed by atoms with Crippen LogP contribution in [0, 0.1) is 0 Å². The molecule has 1 aliphatic carbocycles. The van der Waals surface area contributed by atoms with E-state index in [4.69, 9.17) is 11.6 Å². The molecule has 0 saturated heterocycles. The largest absolute Gasteiger partial charge is 0.262 e. The minimum absolute atomic E-state index is 0.545. The van der Waals surface area contributed by atoms with Crippen LogP contribution in [-0.4, -0.2) is 20.2 Å². The molecule has 1 fully saturated rings. The second kappa shape index (κ2) is 4.45. The van der Waals surface area contributed by atoms with Crippen LogP contribution in [0.3, 0.4) is 0 Å². The van der Waals surface area contributed by atoms with Gasteiger partial charge in [0.2, 0.25) is 0 Å². The van der Waals surface area contributed by atoms with Crippen molar-refractivity contribution in [1.82, 2.24) is 20.2 Å². The molecule has 2 aromatic rings. The van der Waals surface area contributed by atoms with Crippen LogP contribution in [0.2, 0.25) is 5.02 Å². The number of aromatic nitrogens is 4. The second-order valence-electron chi connectivity index (χ2n) is 4.39. The number of pyridine rings is 1. The highest BCUT2D eigenvalue weighted by Gasteiger charge is 2.21. The van der Waals surface area contributed by atoms with E-state index >= 15 is 0 Å². The highest BCUT2D eigenvalue weighted by atomic mass is 35.5. The van der Waals surface area contributed by atoms with Crippen molar-refractivity contribution in [2.45, 2.75) is 31.6 Å². The molecule has 1 saturated carbocycles. The predicted octanol–water partition coefficient (Wildman–Crippen LogP) is 3.18. The lowest BCUT2D eigenvalue weighted by atomic mass is 10.1. The average molecular weight is 249 g/mol. The molecular weight excluding hydrogens is 236 g/mol. The van der Waals surface area contributed by atoms with Crippen molar-refractivity contribution in [2.24, 2.45) is 0 Å². The van der Waals surface area contributed by atoms with E-state index in [0.717, 1.165) is 11.5 Å². The second-order valence-corrected chi connectivity index (χ2v) is 4.82. The van der Waals surface area contributed by atoms with Crippen LogP contribution in [0.1, 0.15) is 37.4 Å². The Hall–Kier alpha value is -1.42. The lowest BCUT2D eigenvalue weighted by Crippen LogP contribution is -1.94. The summed E-state index contributed by atoms with van der Waals surface area (Å²) in [5, 5.41) is 7.87. The van der Waals surface area contributed by atoms with Crippen LogP contribution in [0.25, 0.3) is 11.5 Å². The molecule has 0 aromatic carbocycles. The molecule has 0 bridgehead atoms. The number of nitrogens with zero attached hydrogens (tertiary/aromatic N) is 3. The van der Waals surface area contributed by atoms with E-state index in [0.29, 0.717) is 16.8 Å². The Labute approximate surface area is 104 Å². The summed E-state index contributed by atoms with van der Waals surface area (Å²) in [6.07, 6.45) is 6.62. The van der Waals surface area contributed by atoms with Gasteiger partial charge < -0.3 is 0 Å². The summed E-state index contributed by atoms with van der Waals surface area (Å²) in [5.74, 6) is 2.20. The van der Waals surface area contributed by atoms with Crippen molar-refractivity contribution in [1.29, 1.82) is 0 Å². The quantitative estimate of drug-likeness (QED) is 0.888. The lowest BCUT2D eigenvalue weighted by molar-refractivity contribution is 0.672. The minimum atomic E-state index is 0.545. The van der Waals surface area contributed by atoms with E-state index in [1.165, 1.54) is 25.7 Å². The first-order valence-corrected chi connectivity index (χ1v) is 6.25. The van der Waals surface area contributed by atoms with Gasteiger partial charge in [0.05, 0.1) is 5.02 Å². The summed E-state index contributed by atoms with van der Waals surface area (Å²) in [5.41, 5.74) is 0.759. The van der Waals surface area contributed by atoms with E-state index in [9.17, 15) is 0 Å². The first kappa shape index (κ1) is 10.7. The van der Waals surface area contributed by atoms with Gasteiger partial charge in [-0.2, -0.15) is 5.10 Å². The molecule has 5 heteroatoms. The highest BCUT2D eigenvalue weighted by Crippen LogP contribution is 2.32. The summed E-state index contributed by atoms with van der Waals surface area (Å²) >= 11 is 5.80. The molecule has 0 atom stereocenters. The minimum Gasteiger partial charge on any atom is -0.262 e. The van der Waals surface area contributed by atoms with Crippen LogP contribution >= 0.6 is 11.6 Å². The lowest BCUT2D eigenvalue weighted by Gasteiger charge is -2.01. The standard InChI is InChI=1S/C12H13ClN4/c13-9-5-6-10(14-7-9)12-15-11(16-17-12)8-3-1-2-4-8/h5-8H,1-4H2,(H,15,16,17). The summed E-state index contributed by atoms with van der Waals surface area (Å²) in [7, 11) is 0. The van der Waals surface area contributed by atoms with E-state index in [-0.39, 0.29) is 0 Å². The number of H-pyrrole nitrogens is 1. The number of aromatic amines is 1. The molecule has 0 aliphatic heterocycles. The third kappa shape index (κ3) is 2.17. The molecule has 0 spiro atoms. The Bertz CT molecular complexity index is 499. The maximum Gasteiger partial charge on any atom is 0.199 e. The SMILES string of the molecule is Clc1ccc(-c2n[nH]c(C3CCCC3)n2)nc1. The fourth-order valence-corrected chi connectivity index (χ4v) is 2.39. The molecule has 2 heterocycles. The summed E-state index contributed by atoms with van der Waals surface area (Å²) in [6.45, 7) is 0. The predicted molar refractivity (Wildman–Crippen MR) is 65.8 cm³/mol. The fraction of sp³-hybridized carbons (Fsp3) is 0.417. The number of rotatable bonds is 2. The van der Waals surface area contributed by atoms with Gasteiger partial charge >= 0.3 is 0 Å². The maximum absolute atomic E-state index is 5.80. The van der Waals surface area contributed by atoms with E-state index < -0.39 is 0 Å². The molecule has 0 radical (unpaired) electrons. The van der Waals surface area contributed by atoms with Gasteiger partial charge in [0.1, 0.15) is 11.5 Å². The average Bonchev–Trinajstić information content (AvgIpc) is 3.00. The fourth-order valence-electron chi connectivity index (χ4n) is 2.28. The molecule has 3 rings (SSSR count). The topological polar surface area (TPSA) is 54.5 Å². The summed E-state index contributed by atoms with van der Waals surface area (Å²) in [6, 6.07) is 3.64. The molecule has 2 aromatic heterocycles. The van der Waals surface area contributed by atoms with Gasteiger partial charge in [-0.1, -0.05) is 24.4 Å². The first-order chi connectivity index (χ1) is 8.33. The van der Waals surface area contributed by atoms with Crippen LogP contribution in [-0.2, 0) is 0 Å². The molecule has 0 amide bonds. The van der Waals surface area contributed by atoms with Crippen LogP contribution < -0.4 is 0 Å². The Morgan fingerprint density at radius 3 is 2.76 bits per heavy atom. The van der Waals surface area contributed by atoms with Gasteiger partial charge in [-0.15, -0.1) is 0 Å². The van der Waals surface area contributed by atoms with Crippen molar-refractivity contribution in [3.8, 4) is 11.5 Å². The zero-order chi connectivity index (χ0) is 11.7. The van der Waals surface area contributed by atoms with Gasteiger partial charge in [0.15, 0.2) is 5.82 Å². The van der Waals surface area contributed by atoms with Gasteiger partial charge in [-0.3, -0.25) is 10.1 Å². The van der Waals surface area contributed by atoms with Crippen molar-refractivity contribution >= 4 is 11.6 Å². The third-order valence-electron chi connectivity index (χ3n) is 3.20. The maximum atomic E-state index is 5.80. The Kier molecular flexibility index (Phi) is 2.81. The van der Waals surface area contributed by atoms with Gasteiger partial charge in [0, 0.05) is 12.1 Å². The van der Waals surface area contributed by atoms with E-state index in [1.807, 2.05) is 6.07 Å². The molecule has 88 valence electrons. The highest BCUT2D eigenvalue weighted by molar-refractivity contribution is 6.30. The van der Waals surface area contributed by atoms with Crippen LogP contribution in [0.15, 0.2) is 18.3 Å². The smallest absolute Gasteiger partial charge is 0.199 e. The van der Waals surface area contributed by atoms with E-state index in [2.05, 4.69) is 20.2 Å². The van der Waals surface area contributed by atoms with Gasteiger partial charge in [0.25, 0.3) is 0 Å². The number of hydrogen-bond acceptors (Lipinski definition) is 3. The molecule has 1 aliphatic rings. The monoisotopic (exact) mass is 248 g/mol. The van der Waals surface area contributed by atoms with Crippen LogP contribution in [0.4, 0.5) is 0 Å². The summed E-state index contributed by atoms with van der Waals surface area (Å²) < 4.78 is 0. The molecule has 4 nitrogen and oxygen atoms in total. The Balaban J connectivity index is 1.86. The zero-order valence-electron chi connectivity index (χ0n) is 9.36. The number of halogens is 1. The van der Waals surface area contributed by atoms with Crippen molar-refractivity contribution in [2.75, 3.05) is 0 Å². The van der Waals surface area contributed by atoms with Gasteiger partial charge in [-0.25, -0.2) is 4.98 Å². The van der Waals surface area contributed by atoms with Crippen molar-refractivity contribution in [3.63, 3.8) is 0 Å². The normalized spacial score (nSPS) is 16.5. The number of nitrogens with one attached hydrogen (secondary N) is 1. The van der Waals surface area contributed by atoms with E-state index in [1.54, 1.807) is 12.3 Å². The molecule has 1 N–H and O–H groups in total. The summed E-state index contributed by atoms with van der Waals surface area (Å²) in [4.78, 5) is 8.73. The van der Waals surface area contributed by atoms with Crippen molar-refractivity contribution < 1.29 is 0 Å². The van der Waals surface area contributed by atoms with Crippen molar-refractivity contribution in [3.05, 3.63) is 29.2 Å². The van der Waals surface area contributed by atoms with Crippen LogP contribution in [0.5, 0.6) is 0 Å². The molecule has 17 heavy (non-hydrogen) atoms. The number of hydrogen-bond donors (Lipinski definition) is 1. The Morgan fingerprint density at radius 1 is 1.24 bits per heavy atom. The molecular formula is C12H13ClN4. The zero-order valence-corrected chi connectivity index (χ0v) is 10.1. The first-order valence-electron chi connectivity index (χ1n) is 5.87. The Morgan fingerprint density at radius 2 is 2.06 bits per heavy atom. The van der Waals surface area contributed by atoms with Gasteiger partial charge in [-0.05, 0) is 25.0 Å². The third-order valence-corrected chi connectivity index (χ3v) is 3.42.